The fourth-order valence-electron chi connectivity index (χ4n) is 10.1. The highest BCUT2D eigenvalue weighted by Gasteiger charge is 2.48. The van der Waals surface area contributed by atoms with Crippen LogP contribution in [0.15, 0.2) is 95.7 Å². The predicted molar refractivity (Wildman–Crippen MR) is 298 cm³/mol. The van der Waals surface area contributed by atoms with E-state index in [1.807, 2.05) is 65.0 Å². The van der Waals surface area contributed by atoms with Gasteiger partial charge in [0.15, 0.2) is 5.71 Å². The Hall–Kier alpha value is -5.67. The van der Waals surface area contributed by atoms with Crippen LogP contribution in [0.25, 0.3) is 11.1 Å². The number of hydrogen-bond acceptors (Lipinski definition) is 16. The van der Waals surface area contributed by atoms with Crippen molar-refractivity contribution < 1.29 is 87.0 Å². The van der Waals surface area contributed by atoms with E-state index in [2.05, 4.69) is 11.0 Å². The minimum atomic E-state index is -4.69. The quantitative estimate of drug-likeness (QED) is 0.0195. The Morgan fingerprint density at radius 1 is 0.772 bits per heavy atom. The minimum absolute atomic E-state index is 0.0257. The second kappa shape index (κ2) is 26.3. The van der Waals surface area contributed by atoms with Crippen molar-refractivity contribution in [1.82, 2.24) is 4.73 Å². The van der Waals surface area contributed by atoms with Gasteiger partial charge in [0, 0.05) is 105 Å². The second-order valence-corrected chi connectivity index (χ2v) is 25.4. The summed E-state index contributed by atoms with van der Waals surface area (Å²) in [6, 6.07) is 10.4. The van der Waals surface area contributed by atoms with Gasteiger partial charge in [0.2, 0.25) is 17.4 Å². The lowest BCUT2D eigenvalue weighted by Crippen LogP contribution is -2.52. The van der Waals surface area contributed by atoms with Gasteiger partial charge < -0.3 is 43.6 Å². The first-order valence-electron chi connectivity index (χ1n) is 25.8. The molecule has 1 aromatic heterocycles. The Balaban J connectivity index is 1.41. The summed E-state index contributed by atoms with van der Waals surface area (Å²) in [5.74, 6) is -1.58. The topological polar surface area (TPSA) is 287 Å². The molecule has 5 N–H and O–H groups in total. The molecule has 0 fully saturated rings. The number of rotatable bonds is 29. The monoisotopic (exact) mass is 1160 g/mol. The van der Waals surface area contributed by atoms with Crippen molar-refractivity contribution in [1.29, 1.82) is 0 Å². The smallest absolute Gasteiger partial charge is 0.333 e. The zero-order valence-electron chi connectivity index (χ0n) is 45.7. The Kier molecular flexibility index (Phi) is 20.8. The number of aromatic nitrogens is 1. The SMILES string of the molecule is COCCOCCC1(CCOCCOC)C=C(C)c2cc3c(cc2N1CCCS(=O)(=O)O)OC(C(C)(C)C)=CC3=CC=CC=CC1=[N+](CCCS(=O)(=O)O)c2ccc(S(=O)(=O)O)cc2C1(C)CCCC(=O)On1c(O)ccc1O. The standard InChI is InChI=1S/C55H73N3O18S3/c1-39-38-55(22-26-73-30-28-71-6,23-27-74-31-29-72-7)57(25-13-33-78(65,66)67)46-37-47-43(36-42(39)46)40(34-49(75-47)53(2,3)4)14-9-8-10-15-48-54(5,21-11-16-52(61)76-58-50(59)19-20-51(58)60)44-35-41(79(68,69)70)17-18-45(44)56(48)24-12-32-77(62,63)64/h8-10,14-15,17-20,34-38H,11-13,16,21-33H2,1-7H3,(H4-,59,60,62,63,64,65,66,67,68,69,70)/p+1. The van der Waals surface area contributed by atoms with E-state index in [4.69, 9.17) is 28.5 Å². The van der Waals surface area contributed by atoms with Crippen LogP contribution >= 0.6 is 0 Å². The van der Waals surface area contributed by atoms with E-state index in [1.54, 1.807) is 37.0 Å². The normalized spacial score (nSPS) is 18.0. The average Bonchev–Trinajstić information content (AvgIpc) is 4.09. The van der Waals surface area contributed by atoms with Crippen LogP contribution < -0.4 is 14.5 Å². The van der Waals surface area contributed by atoms with Gasteiger partial charge in [0.25, 0.3) is 30.4 Å². The molecule has 0 saturated heterocycles. The first-order valence-corrected chi connectivity index (χ1v) is 30.5. The van der Waals surface area contributed by atoms with Crippen LogP contribution in [0.2, 0.25) is 0 Å². The van der Waals surface area contributed by atoms with E-state index in [1.165, 1.54) is 18.2 Å². The van der Waals surface area contributed by atoms with E-state index in [9.17, 15) is 53.9 Å². The number of fused-ring (bicyclic) bond motifs is 3. The zero-order chi connectivity index (χ0) is 58.0. The molecular weight excluding hydrogens is 1090 g/mol. The summed E-state index contributed by atoms with van der Waals surface area (Å²) < 4.78 is 134. The van der Waals surface area contributed by atoms with Crippen molar-refractivity contribution >= 4 is 64.6 Å². The zero-order valence-corrected chi connectivity index (χ0v) is 48.2. The molecule has 0 aliphatic carbocycles. The molecule has 3 aliphatic heterocycles. The highest BCUT2D eigenvalue weighted by Crippen LogP contribution is 2.50. The van der Waals surface area contributed by atoms with Crippen molar-refractivity contribution in [2.75, 3.05) is 83.4 Å². The molecule has 2 aromatic carbocycles. The van der Waals surface area contributed by atoms with Crippen LogP contribution in [0.4, 0.5) is 11.4 Å². The molecule has 0 radical (unpaired) electrons. The van der Waals surface area contributed by atoms with Crippen LogP contribution in [0.1, 0.15) is 96.3 Å². The van der Waals surface area contributed by atoms with Gasteiger partial charge in [-0.15, -0.1) is 4.73 Å². The lowest BCUT2D eigenvalue weighted by Gasteiger charge is -2.48. The third kappa shape index (κ3) is 16.3. The van der Waals surface area contributed by atoms with Gasteiger partial charge in [-0.1, -0.05) is 51.2 Å². The van der Waals surface area contributed by atoms with Gasteiger partial charge in [0.1, 0.15) is 18.1 Å². The number of aromatic hydroxyl groups is 2. The maximum atomic E-state index is 13.0. The van der Waals surface area contributed by atoms with Crippen LogP contribution in [-0.4, -0.2) is 154 Å². The Labute approximate surface area is 463 Å². The number of hydrogen-bond donors (Lipinski definition) is 5. The molecule has 3 aromatic rings. The maximum Gasteiger partial charge on any atom is 0.333 e. The molecule has 0 spiro atoms. The number of methoxy groups -OCH3 is 2. The summed E-state index contributed by atoms with van der Waals surface area (Å²) in [4.78, 5) is 19.9. The van der Waals surface area contributed by atoms with Crippen LogP contribution in [0.3, 0.4) is 0 Å². The maximum absolute atomic E-state index is 13.0. The van der Waals surface area contributed by atoms with E-state index >= 15 is 0 Å². The van der Waals surface area contributed by atoms with E-state index < -0.39 is 76.0 Å². The number of allylic oxidation sites excluding steroid dienone is 9. The van der Waals surface area contributed by atoms with Crippen LogP contribution in [-0.2, 0) is 59.5 Å². The molecule has 0 bridgehead atoms. The molecule has 0 saturated carbocycles. The number of nitrogens with zero attached hydrogens (tertiary/aromatic N) is 3. The molecular formula is C55H74N3O18S3+. The summed E-state index contributed by atoms with van der Waals surface area (Å²) in [6.07, 6.45) is 14.5. The van der Waals surface area contributed by atoms with Gasteiger partial charge in [0.05, 0.1) is 53.8 Å². The van der Waals surface area contributed by atoms with Gasteiger partial charge in [-0.05, 0) is 81.4 Å². The summed E-state index contributed by atoms with van der Waals surface area (Å²) in [5, 5.41) is 20.0. The molecule has 3 aliphatic rings. The highest BCUT2D eigenvalue weighted by atomic mass is 32.2. The highest BCUT2D eigenvalue weighted by molar-refractivity contribution is 7.86. The van der Waals surface area contributed by atoms with Gasteiger partial charge in [-0.2, -0.15) is 29.8 Å². The van der Waals surface area contributed by atoms with Gasteiger partial charge in [-0.25, -0.2) is 4.79 Å². The van der Waals surface area contributed by atoms with Crippen molar-refractivity contribution in [2.24, 2.45) is 5.41 Å². The van der Waals surface area contributed by atoms with Crippen LogP contribution in [0, 0.1) is 5.41 Å². The summed E-state index contributed by atoms with van der Waals surface area (Å²) in [7, 11) is -10.1. The van der Waals surface area contributed by atoms with E-state index in [0.717, 1.165) is 40.1 Å². The Morgan fingerprint density at radius 3 is 2.00 bits per heavy atom. The molecule has 0 amide bonds. The number of anilines is 1. The minimum Gasteiger partial charge on any atom is -0.492 e. The van der Waals surface area contributed by atoms with Crippen molar-refractivity contribution in [3.05, 3.63) is 107 Å². The molecule has 6 rings (SSSR count). The largest absolute Gasteiger partial charge is 0.492 e. The fraction of sp³-hybridized carbons (Fsp3) is 0.491. The van der Waals surface area contributed by atoms with Crippen molar-refractivity contribution in [3.8, 4) is 17.5 Å². The van der Waals surface area contributed by atoms with Crippen molar-refractivity contribution in [3.63, 3.8) is 0 Å². The molecule has 1 unspecified atom stereocenters. The summed E-state index contributed by atoms with van der Waals surface area (Å²) in [6.45, 7) is 12.6. The first kappa shape index (κ1) is 62.5. The number of ether oxygens (including phenoxy) is 5. The van der Waals surface area contributed by atoms with Crippen molar-refractivity contribution in [2.45, 2.75) is 95.4 Å². The molecule has 21 nitrogen and oxygen atoms in total. The average molecular weight is 1160 g/mol. The third-order valence-electron chi connectivity index (χ3n) is 14.0. The fourth-order valence-corrected chi connectivity index (χ4v) is 11.6. The third-order valence-corrected chi connectivity index (χ3v) is 16.4. The van der Waals surface area contributed by atoms with Gasteiger partial charge >= 0.3 is 5.97 Å². The Bertz CT molecular complexity index is 3210. The lowest BCUT2D eigenvalue weighted by molar-refractivity contribution is -0.437. The summed E-state index contributed by atoms with van der Waals surface area (Å²) >= 11 is 0. The van der Waals surface area contributed by atoms with E-state index in [0.29, 0.717) is 85.7 Å². The molecule has 1 atom stereocenters. The molecule has 4 heterocycles. The number of carbonyl (C=O) groups is 1. The molecule has 434 valence electrons. The molecule has 24 heteroatoms. The predicted octanol–water partition coefficient (Wildman–Crippen LogP) is 7.47. The summed E-state index contributed by atoms with van der Waals surface area (Å²) in [5.41, 5.74) is 3.53. The molecule has 79 heavy (non-hydrogen) atoms. The van der Waals surface area contributed by atoms with Crippen LogP contribution in [0.5, 0.6) is 17.5 Å². The number of benzene rings is 2. The first-order chi connectivity index (χ1) is 37.1. The number of carbonyl (C=O) groups excluding carboxylic acids is 1. The lowest BCUT2D eigenvalue weighted by atomic mass is 9.75. The second-order valence-electron chi connectivity index (χ2n) is 20.8. The van der Waals surface area contributed by atoms with E-state index in [-0.39, 0.29) is 50.1 Å². The van der Waals surface area contributed by atoms with Gasteiger partial charge in [-0.3, -0.25) is 13.7 Å². The Morgan fingerprint density at radius 2 is 1.41 bits per heavy atom.